The number of nitrogens with zero attached hydrogens (tertiary/aromatic N) is 4. The molecule has 1 aliphatic heterocycles. The van der Waals surface area contributed by atoms with Gasteiger partial charge < -0.3 is 19.7 Å². The molecule has 9 nitrogen and oxygen atoms in total. The topological polar surface area (TPSA) is 98.1 Å². The minimum absolute atomic E-state index is 0.0204. The molecule has 0 bridgehead atoms. The van der Waals surface area contributed by atoms with Gasteiger partial charge in [0, 0.05) is 36.8 Å². The molecule has 10 heteroatoms. The van der Waals surface area contributed by atoms with Gasteiger partial charge >= 0.3 is 12.1 Å². The summed E-state index contributed by atoms with van der Waals surface area (Å²) in [7, 11) is 0. The second-order valence-corrected chi connectivity index (χ2v) is 10.2. The monoisotopic (exact) mass is 495 g/mol. The first kappa shape index (κ1) is 23.3. The third-order valence-electron chi connectivity index (χ3n) is 5.14. The van der Waals surface area contributed by atoms with E-state index in [2.05, 4.69) is 45.2 Å². The van der Waals surface area contributed by atoms with Crippen molar-refractivity contribution < 1.29 is 19.1 Å². The van der Waals surface area contributed by atoms with Gasteiger partial charge in [0.2, 0.25) is 0 Å². The highest BCUT2D eigenvalue weighted by molar-refractivity contribution is 9.10. The van der Waals surface area contributed by atoms with Crippen LogP contribution in [0.1, 0.15) is 58.3 Å². The van der Waals surface area contributed by atoms with Crippen molar-refractivity contribution in [3.05, 3.63) is 22.4 Å². The van der Waals surface area contributed by atoms with Crippen LogP contribution in [0, 0.1) is 5.41 Å². The van der Waals surface area contributed by atoms with Crippen LogP contribution in [0.25, 0.3) is 5.65 Å². The van der Waals surface area contributed by atoms with Gasteiger partial charge in [-0.15, -0.1) is 0 Å². The Morgan fingerprint density at radius 1 is 1.35 bits per heavy atom. The van der Waals surface area contributed by atoms with E-state index in [1.807, 2.05) is 20.8 Å². The van der Waals surface area contributed by atoms with Gasteiger partial charge in [-0.05, 0) is 50.0 Å². The summed E-state index contributed by atoms with van der Waals surface area (Å²) in [5.74, 6) is 0.0629. The molecule has 2 aromatic rings. The molecule has 0 saturated carbocycles. The van der Waals surface area contributed by atoms with E-state index in [0.29, 0.717) is 41.1 Å². The van der Waals surface area contributed by atoms with Crippen LogP contribution >= 0.6 is 15.9 Å². The zero-order chi connectivity index (χ0) is 23.0. The molecule has 0 aromatic carbocycles. The number of ether oxygens (including phenoxy) is 2. The molecule has 0 radical (unpaired) electrons. The van der Waals surface area contributed by atoms with E-state index < -0.39 is 11.6 Å². The highest BCUT2D eigenvalue weighted by Crippen LogP contribution is 2.33. The maximum atomic E-state index is 12.6. The van der Waals surface area contributed by atoms with E-state index in [4.69, 9.17) is 9.47 Å². The molecular formula is C21H30BrN5O4. The Morgan fingerprint density at radius 3 is 2.68 bits per heavy atom. The van der Waals surface area contributed by atoms with E-state index in [0.717, 1.165) is 0 Å². The van der Waals surface area contributed by atoms with E-state index >= 15 is 0 Å². The van der Waals surface area contributed by atoms with Crippen LogP contribution in [0.15, 0.2) is 16.9 Å². The van der Waals surface area contributed by atoms with Gasteiger partial charge in [-0.2, -0.15) is 9.61 Å². The normalized spacial score (nSPS) is 18.7. The van der Waals surface area contributed by atoms with Gasteiger partial charge in [-0.3, -0.25) is 0 Å². The van der Waals surface area contributed by atoms with Gasteiger partial charge in [0.05, 0.1) is 6.61 Å². The molecule has 1 fully saturated rings. The summed E-state index contributed by atoms with van der Waals surface area (Å²) in [5.41, 5.74) is 0.0870. The summed E-state index contributed by atoms with van der Waals surface area (Å²) in [5, 5.41) is 7.93. The van der Waals surface area contributed by atoms with E-state index in [1.54, 1.807) is 22.4 Å². The van der Waals surface area contributed by atoms with Crippen LogP contribution < -0.4 is 5.32 Å². The SMILES string of the molecule is CCOC(=O)c1cnc2cc(Br)nn2c1N[C@@H]1CCN(C(=O)OC(C)(C)C)CC1(C)C. The molecule has 0 unspecified atom stereocenters. The molecule has 3 heterocycles. The Labute approximate surface area is 190 Å². The summed E-state index contributed by atoms with van der Waals surface area (Å²) in [6, 6.07) is 1.75. The van der Waals surface area contributed by atoms with Crippen molar-refractivity contribution in [2.24, 2.45) is 5.41 Å². The lowest BCUT2D eigenvalue weighted by molar-refractivity contribution is 0.00688. The average molecular weight is 496 g/mol. The molecule has 170 valence electrons. The number of hydrogen-bond acceptors (Lipinski definition) is 7. The van der Waals surface area contributed by atoms with E-state index in [9.17, 15) is 9.59 Å². The van der Waals surface area contributed by atoms with Crippen LogP contribution in [-0.2, 0) is 9.47 Å². The second kappa shape index (κ2) is 8.64. The summed E-state index contributed by atoms with van der Waals surface area (Å²) in [6.45, 7) is 12.8. The first-order valence-electron chi connectivity index (χ1n) is 10.4. The van der Waals surface area contributed by atoms with Gasteiger partial charge in [-0.25, -0.2) is 14.6 Å². The fraction of sp³-hybridized carbons (Fsp3) is 0.619. The summed E-state index contributed by atoms with van der Waals surface area (Å²) < 4.78 is 13.0. The van der Waals surface area contributed by atoms with Crippen molar-refractivity contribution >= 4 is 39.5 Å². The highest BCUT2D eigenvalue weighted by Gasteiger charge is 2.40. The van der Waals surface area contributed by atoms with E-state index in [-0.39, 0.29) is 24.2 Å². The number of carbonyl (C=O) groups is 2. The van der Waals surface area contributed by atoms with Crippen molar-refractivity contribution in [2.75, 3.05) is 25.0 Å². The maximum absolute atomic E-state index is 12.6. The number of halogens is 1. The average Bonchev–Trinajstić information content (AvgIpc) is 3.02. The largest absolute Gasteiger partial charge is 0.462 e. The lowest BCUT2D eigenvalue weighted by Crippen LogP contribution is -2.54. The van der Waals surface area contributed by atoms with Crippen LogP contribution in [0.2, 0.25) is 0 Å². The summed E-state index contributed by atoms with van der Waals surface area (Å²) in [4.78, 5) is 31.2. The number of anilines is 1. The first-order valence-corrected chi connectivity index (χ1v) is 11.2. The molecule has 3 rings (SSSR count). The number of rotatable bonds is 4. The van der Waals surface area contributed by atoms with Gasteiger partial charge in [0.15, 0.2) is 5.65 Å². The van der Waals surface area contributed by atoms with Crippen LogP contribution in [0.3, 0.4) is 0 Å². The van der Waals surface area contributed by atoms with Gasteiger partial charge in [-0.1, -0.05) is 13.8 Å². The van der Waals surface area contributed by atoms with Crippen molar-refractivity contribution in [2.45, 2.75) is 59.6 Å². The van der Waals surface area contributed by atoms with Crippen LogP contribution in [0.5, 0.6) is 0 Å². The van der Waals surface area contributed by atoms with Crippen molar-refractivity contribution in [3.63, 3.8) is 0 Å². The molecule has 1 saturated heterocycles. The third-order valence-corrected chi connectivity index (χ3v) is 5.53. The quantitative estimate of drug-likeness (QED) is 0.636. The predicted octanol–water partition coefficient (Wildman–Crippen LogP) is 4.12. The van der Waals surface area contributed by atoms with Crippen LogP contribution in [-0.4, -0.2) is 62.9 Å². The Bertz CT molecular complexity index is 982. The number of piperidine rings is 1. The highest BCUT2D eigenvalue weighted by atomic mass is 79.9. The number of carbonyl (C=O) groups excluding carboxylic acids is 2. The third kappa shape index (κ3) is 5.28. The Balaban J connectivity index is 1.87. The minimum Gasteiger partial charge on any atom is -0.462 e. The minimum atomic E-state index is -0.541. The number of hydrogen-bond donors (Lipinski definition) is 1. The van der Waals surface area contributed by atoms with E-state index in [1.165, 1.54) is 6.20 Å². The summed E-state index contributed by atoms with van der Waals surface area (Å²) in [6.07, 6.45) is 1.88. The Kier molecular flexibility index (Phi) is 6.50. The number of likely N-dealkylation sites (tertiary alicyclic amines) is 1. The molecule has 0 spiro atoms. The summed E-state index contributed by atoms with van der Waals surface area (Å²) >= 11 is 3.37. The molecule has 2 aromatic heterocycles. The fourth-order valence-electron chi connectivity index (χ4n) is 3.67. The van der Waals surface area contributed by atoms with Gasteiger partial charge in [0.25, 0.3) is 0 Å². The zero-order valence-electron chi connectivity index (χ0n) is 18.9. The Morgan fingerprint density at radius 2 is 2.06 bits per heavy atom. The fourth-order valence-corrected chi connectivity index (χ4v) is 4.04. The maximum Gasteiger partial charge on any atom is 0.410 e. The van der Waals surface area contributed by atoms with Gasteiger partial charge in [0.1, 0.15) is 21.6 Å². The smallest absolute Gasteiger partial charge is 0.410 e. The number of amides is 1. The molecule has 1 aliphatic rings. The lowest BCUT2D eigenvalue weighted by Gasteiger charge is -2.44. The lowest BCUT2D eigenvalue weighted by atomic mass is 9.79. The molecule has 0 aliphatic carbocycles. The predicted molar refractivity (Wildman–Crippen MR) is 120 cm³/mol. The second-order valence-electron chi connectivity index (χ2n) is 9.35. The molecule has 1 N–H and O–H groups in total. The molecule has 31 heavy (non-hydrogen) atoms. The van der Waals surface area contributed by atoms with Crippen molar-refractivity contribution in [1.82, 2.24) is 19.5 Å². The zero-order valence-corrected chi connectivity index (χ0v) is 20.4. The van der Waals surface area contributed by atoms with Crippen LogP contribution in [0.4, 0.5) is 10.6 Å². The molecular weight excluding hydrogens is 466 g/mol. The number of esters is 1. The number of fused-ring (bicyclic) bond motifs is 1. The Hall–Kier alpha value is -2.36. The number of nitrogens with one attached hydrogen (secondary N) is 1. The number of aromatic nitrogens is 3. The van der Waals surface area contributed by atoms with Crippen molar-refractivity contribution in [3.8, 4) is 0 Å². The first-order chi connectivity index (χ1) is 14.4. The standard InChI is InChI=1S/C21H30BrN5O4/c1-7-30-18(28)13-11-23-16-10-15(22)25-27(16)17(13)24-14-8-9-26(12-21(14,5)6)19(29)31-20(2,3)4/h10-11,14,24H,7-9,12H2,1-6H3/t14-/m1/s1. The molecule has 1 amide bonds. The molecule has 1 atom stereocenters. The van der Waals surface area contributed by atoms with Crippen molar-refractivity contribution in [1.29, 1.82) is 0 Å².